The zero-order chi connectivity index (χ0) is 14.4. The first kappa shape index (κ1) is 15.1. The van der Waals surface area contributed by atoms with Gasteiger partial charge in [0, 0.05) is 5.69 Å². The molecule has 1 aromatic rings. The van der Waals surface area contributed by atoms with Crippen molar-refractivity contribution in [3.8, 4) is 0 Å². The van der Waals surface area contributed by atoms with Crippen LogP contribution in [-0.2, 0) is 9.53 Å². The van der Waals surface area contributed by atoms with Gasteiger partial charge in [-0.25, -0.2) is 9.18 Å². The fraction of sp³-hybridized carbons (Fsp3) is 0.385. The third-order valence-corrected chi connectivity index (χ3v) is 2.58. The molecule has 0 aliphatic carbocycles. The Morgan fingerprint density at radius 1 is 1.47 bits per heavy atom. The van der Waals surface area contributed by atoms with E-state index in [4.69, 9.17) is 5.73 Å². The first-order valence-electron chi connectivity index (χ1n) is 5.94. The molecule has 1 amide bonds. The van der Waals surface area contributed by atoms with Gasteiger partial charge in [0.05, 0.1) is 18.7 Å². The average Bonchev–Trinajstić information content (AvgIpc) is 2.40. The smallest absolute Gasteiger partial charge is 0.340 e. The number of hydrogen-bond acceptors (Lipinski definition) is 4. The van der Waals surface area contributed by atoms with E-state index in [0.29, 0.717) is 12.1 Å². The second kappa shape index (κ2) is 6.84. The van der Waals surface area contributed by atoms with E-state index in [1.165, 1.54) is 12.1 Å². The van der Waals surface area contributed by atoms with Crippen LogP contribution in [0.3, 0.4) is 0 Å². The minimum absolute atomic E-state index is 0.232. The van der Waals surface area contributed by atoms with Gasteiger partial charge in [-0.05, 0) is 24.6 Å². The molecule has 0 aliphatic heterocycles. The van der Waals surface area contributed by atoms with Crippen molar-refractivity contribution in [2.24, 2.45) is 5.73 Å². The predicted molar refractivity (Wildman–Crippen MR) is 69.3 cm³/mol. The summed E-state index contributed by atoms with van der Waals surface area (Å²) in [6, 6.07) is 3.04. The summed E-state index contributed by atoms with van der Waals surface area (Å²) in [5, 5.41) is 2.53. The lowest BCUT2D eigenvalue weighted by Gasteiger charge is -2.12. The lowest BCUT2D eigenvalue weighted by atomic mass is 10.1. The van der Waals surface area contributed by atoms with E-state index in [2.05, 4.69) is 10.1 Å². The lowest BCUT2D eigenvalue weighted by Crippen LogP contribution is -2.35. The molecule has 0 aromatic heterocycles. The molecule has 0 radical (unpaired) electrons. The Morgan fingerprint density at radius 3 is 2.74 bits per heavy atom. The van der Waals surface area contributed by atoms with Crippen molar-refractivity contribution in [1.29, 1.82) is 0 Å². The first-order valence-corrected chi connectivity index (χ1v) is 5.94. The van der Waals surface area contributed by atoms with Gasteiger partial charge in [-0.1, -0.05) is 13.3 Å². The van der Waals surface area contributed by atoms with Crippen LogP contribution in [0, 0.1) is 5.82 Å². The molecule has 1 aromatic carbocycles. The number of halogens is 1. The SMILES string of the molecule is CCC[C@H](N)C(=O)Nc1ccc(F)c(C(=O)OC)c1. The highest BCUT2D eigenvalue weighted by atomic mass is 19.1. The van der Waals surface area contributed by atoms with Gasteiger partial charge in [-0.15, -0.1) is 0 Å². The van der Waals surface area contributed by atoms with Gasteiger partial charge in [0.15, 0.2) is 0 Å². The molecule has 0 heterocycles. The quantitative estimate of drug-likeness (QED) is 0.796. The first-order chi connectivity index (χ1) is 8.99. The zero-order valence-corrected chi connectivity index (χ0v) is 10.9. The van der Waals surface area contributed by atoms with Crippen LogP contribution in [0.25, 0.3) is 0 Å². The molecular formula is C13H17FN2O3. The van der Waals surface area contributed by atoms with E-state index < -0.39 is 17.8 Å². The summed E-state index contributed by atoms with van der Waals surface area (Å²) in [6.07, 6.45) is 1.34. The second-order valence-corrected chi connectivity index (χ2v) is 4.07. The minimum Gasteiger partial charge on any atom is -0.465 e. The van der Waals surface area contributed by atoms with E-state index in [-0.39, 0.29) is 11.5 Å². The van der Waals surface area contributed by atoms with Gasteiger partial charge >= 0.3 is 5.97 Å². The largest absolute Gasteiger partial charge is 0.465 e. The van der Waals surface area contributed by atoms with Crippen molar-refractivity contribution in [3.63, 3.8) is 0 Å². The standard InChI is InChI=1S/C13H17FN2O3/c1-3-4-11(15)12(17)16-8-5-6-10(14)9(7-8)13(18)19-2/h5-7,11H,3-4,15H2,1-2H3,(H,16,17)/t11-/m0/s1. The highest BCUT2D eigenvalue weighted by molar-refractivity contribution is 5.96. The number of benzene rings is 1. The summed E-state index contributed by atoms with van der Waals surface area (Å²) < 4.78 is 17.8. The maximum absolute atomic E-state index is 13.4. The van der Waals surface area contributed by atoms with Crippen molar-refractivity contribution in [2.45, 2.75) is 25.8 Å². The van der Waals surface area contributed by atoms with E-state index in [1.54, 1.807) is 0 Å². The van der Waals surface area contributed by atoms with E-state index in [0.717, 1.165) is 19.6 Å². The monoisotopic (exact) mass is 268 g/mol. The van der Waals surface area contributed by atoms with Crippen LogP contribution in [0.15, 0.2) is 18.2 Å². The molecule has 1 atom stereocenters. The van der Waals surface area contributed by atoms with Gasteiger partial charge in [-0.3, -0.25) is 4.79 Å². The Morgan fingerprint density at radius 2 is 2.16 bits per heavy atom. The number of esters is 1. The van der Waals surface area contributed by atoms with Crippen LogP contribution in [-0.4, -0.2) is 25.0 Å². The predicted octanol–water partition coefficient (Wildman–Crippen LogP) is 1.68. The van der Waals surface area contributed by atoms with Crippen LogP contribution in [0.2, 0.25) is 0 Å². The third kappa shape index (κ3) is 4.03. The number of rotatable bonds is 5. The van der Waals surface area contributed by atoms with E-state index in [9.17, 15) is 14.0 Å². The molecule has 0 aliphatic rings. The number of amides is 1. The maximum Gasteiger partial charge on any atom is 0.340 e. The number of methoxy groups -OCH3 is 1. The van der Waals surface area contributed by atoms with Crippen LogP contribution in [0.4, 0.5) is 10.1 Å². The third-order valence-electron chi connectivity index (χ3n) is 2.58. The second-order valence-electron chi connectivity index (χ2n) is 4.07. The molecule has 19 heavy (non-hydrogen) atoms. The van der Waals surface area contributed by atoms with Crippen LogP contribution in [0.1, 0.15) is 30.1 Å². The Balaban J connectivity index is 2.85. The van der Waals surface area contributed by atoms with Crippen LogP contribution >= 0.6 is 0 Å². The Labute approximate surface area is 110 Å². The summed E-state index contributed by atoms with van der Waals surface area (Å²) >= 11 is 0. The van der Waals surface area contributed by atoms with Gasteiger partial charge in [0.1, 0.15) is 5.82 Å². The fourth-order valence-corrected chi connectivity index (χ4v) is 1.55. The molecule has 0 saturated heterocycles. The van der Waals surface area contributed by atoms with Crippen molar-refractivity contribution in [1.82, 2.24) is 0 Å². The highest BCUT2D eigenvalue weighted by Gasteiger charge is 2.16. The van der Waals surface area contributed by atoms with Gasteiger partial charge < -0.3 is 15.8 Å². The Bertz CT molecular complexity index is 477. The number of hydrogen-bond donors (Lipinski definition) is 2. The summed E-state index contributed by atoms with van der Waals surface area (Å²) in [6.45, 7) is 1.92. The number of nitrogens with two attached hydrogens (primary N) is 1. The zero-order valence-electron chi connectivity index (χ0n) is 10.9. The summed E-state index contributed by atoms with van der Waals surface area (Å²) in [5.74, 6) is -1.88. The number of anilines is 1. The Hall–Kier alpha value is -1.95. The van der Waals surface area contributed by atoms with E-state index in [1.807, 2.05) is 6.92 Å². The topological polar surface area (TPSA) is 81.4 Å². The summed E-state index contributed by atoms with van der Waals surface area (Å²) in [7, 11) is 1.16. The molecule has 3 N–H and O–H groups in total. The van der Waals surface area contributed by atoms with Crippen molar-refractivity contribution in [3.05, 3.63) is 29.6 Å². The fourth-order valence-electron chi connectivity index (χ4n) is 1.55. The number of carbonyl (C=O) groups excluding carboxylic acids is 2. The maximum atomic E-state index is 13.4. The van der Waals surface area contributed by atoms with Crippen molar-refractivity contribution in [2.75, 3.05) is 12.4 Å². The molecule has 0 saturated carbocycles. The van der Waals surface area contributed by atoms with Crippen molar-refractivity contribution < 1.29 is 18.7 Å². The summed E-state index contributed by atoms with van der Waals surface area (Å²) in [4.78, 5) is 23.0. The molecular weight excluding hydrogens is 251 g/mol. The molecule has 104 valence electrons. The van der Waals surface area contributed by atoms with Gasteiger partial charge in [-0.2, -0.15) is 0 Å². The number of carbonyl (C=O) groups is 2. The molecule has 0 bridgehead atoms. The highest BCUT2D eigenvalue weighted by Crippen LogP contribution is 2.16. The minimum atomic E-state index is -0.800. The molecule has 1 rings (SSSR count). The molecule has 0 unspecified atom stereocenters. The molecule has 5 nitrogen and oxygen atoms in total. The van der Waals surface area contributed by atoms with E-state index >= 15 is 0 Å². The molecule has 0 spiro atoms. The Kier molecular flexibility index (Phi) is 5.44. The van der Waals surface area contributed by atoms with Crippen LogP contribution < -0.4 is 11.1 Å². The number of ether oxygens (including phenoxy) is 1. The van der Waals surface area contributed by atoms with Gasteiger partial charge in [0.25, 0.3) is 0 Å². The average molecular weight is 268 g/mol. The number of nitrogens with one attached hydrogen (secondary N) is 1. The molecule has 6 heteroatoms. The normalized spacial score (nSPS) is 11.8. The lowest BCUT2D eigenvalue weighted by molar-refractivity contribution is -0.117. The molecule has 0 fully saturated rings. The van der Waals surface area contributed by atoms with Crippen LogP contribution in [0.5, 0.6) is 0 Å². The summed E-state index contributed by atoms with van der Waals surface area (Å²) in [5.41, 5.74) is 5.72. The van der Waals surface area contributed by atoms with Crippen molar-refractivity contribution >= 4 is 17.6 Å². The van der Waals surface area contributed by atoms with Gasteiger partial charge in [0.2, 0.25) is 5.91 Å².